The number of anilines is 1. The van der Waals surface area contributed by atoms with E-state index in [2.05, 4.69) is 20.7 Å². The van der Waals surface area contributed by atoms with Crippen LogP contribution in [0.3, 0.4) is 0 Å². The van der Waals surface area contributed by atoms with Crippen LogP contribution < -0.4 is 25.5 Å². The van der Waals surface area contributed by atoms with Crippen LogP contribution in [0.5, 0.6) is 17.2 Å². The van der Waals surface area contributed by atoms with Crippen LogP contribution in [0.2, 0.25) is 0 Å². The Kier molecular flexibility index (Phi) is 7.55. The highest BCUT2D eigenvalue weighted by molar-refractivity contribution is 7.99. The summed E-state index contributed by atoms with van der Waals surface area (Å²) in [7, 11) is 4.67. The lowest BCUT2D eigenvalue weighted by Crippen LogP contribution is -2.14. The summed E-state index contributed by atoms with van der Waals surface area (Å²) < 4.78 is 16.8. The number of rotatable bonds is 10. The van der Waals surface area contributed by atoms with Gasteiger partial charge in [0.2, 0.25) is 5.16 Å². The number of hydrazone groups is 1. The smallest absolute Gasteiger partial charge is 0.264 e. The van der Waals surface area contributed by atoms with Gasteiger partial charge < -0.3 is 20.1 Å². The van der Waals surface area contributed by atoms with Crippen LogP contribution in [0.1, 0.15) is 22.8 Å². The second-order valence-corrected chi connectivity index (χ2v) is 7.44. The molecule has 10 nitrogen and oxygen atoms in total. The van der Waals surface area contributed by atoms with E-state index in [1.54, 1.807) is 25.3 Å². The van der Waals surface area contributed by atoms with E-state index in [9.17, 15) is 4.79 Å². The summed E-state index contributed by atoms with van der Waals surface area (Å²) in [5, 5.41) is 12.7. The van der Waals surface area contributed by atoms with E-state index in [0.717, 1.165) is 17.0 Å². The molecule has 0 fully saturated rings. The van der Waals surface area contributed by atoms with Crippen molar-refractivity contribution in [1.29, 1.82) is 0 Å². The second-order valence-electron chi connectivity index (χ2n) is 6.50. The maximum Gasteiger partial charge on any atom is 0.264 e. The lowest BCUT2D eigenvalue weighted by atomic mass is 10.1. The van der Waals surface area contributed by atoms with E-state index in [1.807, 2.05) is 31.2 Å². The number of ketones is 1. The molecule has 0 amide bonds. The average Bonchev–Trinajstić information content (AvgIpc) is 3.19. The maximum atomic E-state index is 12.6. The number of carbonyl (C=O) groups is 1. The minimum absolute atomic E-state index is 0.109. The third-order valence-electron chi connectivity index (χ3n) is 4.53. The lowest BCUT2D eigenvalue weighted by Gasteiger charge is -2.09. The van der Waals surface area contributed by atoms with E-state index < -0.39 is 0 Å². The van der Waals surface area contributed by atoms with Crippen molar-refractivity contribution < 1.29 is 19.0 Å². The van der Waals surface area contributed by atoms with Crippen molar-refractivity contribution in [3.8, 4) is 17.2 Å². The van der Waals surface area contributed by atoms with Gasteiger partial charge in [-0.2, -0.15) is 5.10 Å². The predicted octanol–water partition coefficient (Wildman–Crippen LogP) is 2.83. The van der Waals surface area contributed by atoms with Crippen LogP contribution in [0, 0.1) is 0 Å². The van der Waals surface area contributed by atoms with Crippen LogP contribution in [0.4, 0.5) is 5.95 Å². The van der Waals surface area contributed by atoms with Gasteiger partial charge in [-0.05, 0) is 55.0 Å². The molecule has 1 heterocycles. The van der Waals surface area contributed by atoms with Gasteiger partial charge in [-0.25, -0.2) is 10.1 Å². The molecule has 168 valence electrons. The van der Waals surface area contributed by atoms with Gasteiger partial charge >= 0.3 is 0 Å². The zero-order valence-electron chi connectivity index (χ0n) is 18.2. The molecular weight excluding hydrogens is 432 g/mol. The summed E-state index contributed by atoms with van der Waals surface area (Å²) in [4.78, 5) is 12.6. The van der Waals surface area contributed by atoms with Gasteiger partial charge in [-0.3, -0.25) is 4.79 Å². The predicted molar refractivity (Wildman–Crippen MR) is 124 cm³/mol. The maximum absolute atomic E-state index is 12.6. The second kappa shape index (κ2) is 10.5. The lowest BCUT2D eigenvalue weighted by molar-refractivity contribution is 0.102. The number of nitrogens with zero attached hydrogens (tertiary/aromatic N) is 4. The SMILES string of the molecule is COc1ccc(/C(C)=N/Nc2nnc(SCC(=O)c3ccc(OC)c(OC)c3)n2N)cc1. The van der Waals surface area contributed by atoms with Crippen molar-refractivity contribution in [3.05, 3.63) is 53.6 Å². The number of nitrogen functional groups attached to an aromatic ring is 1. The third-order valence-corrected chi connectivity index (χ3v) is 5.48. The molecule has 0 aliphatic carbocycles. The zero-order chi connectivity index (χ0) is 23.1. The Bertz CT molecular complexity index is 1110. The number of benzene rings is 2. The Labute approximate surface area is 189 Å². The molecule has 1 aromatic heterocycles. The fourth-order valence-corrected chi connectivity index (χ4v) is 3.46. The van der Waals surface area contributed by atoms with Gasteiger partial charge in [-0.15, -0.1) is 10.2 Å². The van der Waals surface area contributed by atoms with Gasteiger partial charge in [0.25, 0.3) is 5.95 Å². The minimum atomic E-state index is -0.109. The van der Waals surface area contributed by atoms with Crippen LogP contribution in [0.15, 0.2) is 52.7 Å². The standard InChI is InChI=1S/C21H24N6O4S/c1-13(14-5-8-16(29-2)9-6-14)23-24-20-25-26-21(27(20)22)32-12-17(28)15-7-10-18(30-3)19(11-15)31-4/h5-11H,12,22H2,1-4H3,(H,24,25)/b23-13+. The van der Waals surface area contributed by atoms with Crippen LogP contribution in [0.25, 0.3) is 0 Å². The number of hydrogen-bond donors (Lipinski definition) is 2. The number of aromatic nitrogens is 3. The molecule has 2 aromatic carbocycles. The molecule has 0 atom stereocenters. The quantitative estimate of drug-likeness (QED) is 0.156. The molecule has 11 heteroatoms. The van der Waals surface area contributed by atoms with E-state index in [1.165, 1.54) is 30.7 Å². The van der Waals surface area contributed by atoms with Crippen LogP contribution >= 0.6 is 11.8 Å². The first kappa shape index (κ1) is 22.9. The van der Waals surface area contributed by atoms with Gasteiger partial charge in [-0.1, -0.05) is 11.8 Å². The minimum Gasteiger partial charge on any atom is -0.497 e. The Hall–Kier alpha value is -3.73. The van der Waals surface area contributed by atoms with Gasteiger partial charge in [0.1, 0.15) is 5.75 Å². The number of ether oxygens (including phenoxy) is 3. The number of thioether (sulfide) groups is 1. The fraction of sp³-hybridized carbons (Fsp3) is 0.238. The molecule has 0 saturated carbocycles. The summed E-state index contributed by atoms with van der Waals surface area (Å²) in [6.45, 7) is 1.85. The molecule has 3 N–H and O–H groups in total. The van der Waals surface area contributed by atoms with Crippen LogP contribution in [-0.2, 0) is 0 Å². The molecule has 0 unspecified atom stereocenters. The number of methoxy groups -OCH3 is 3. The normalized spacial score (nSPS) is 11.2. The average molecular weight is 457 g/mol. The van der Waals surface area contributed by atoms with Crippen molar-refractivity contribution >= 4 is 29.2 Å². The summed E-state index contributed by atoms with van der Waals surface area (Å²) in [6.07, 6.45) is 0. The summed E-state index contributed by atoms with van der Waals surface area (Å²) in [5.41, 5.74) is 4.94. The van der Waals surface area contributed by atoms with Crippen molar-refractivity contribution in [1.82, 2.24) is 14.9 Å². The van der Waals surface area contributed by atoms with E-state index in [4.69, 9.17) is 20.1 Å². The Morgan fingerprint density at radius 1 is 1.03 bits per heavy atom. The fourth-order valence-electron chi connectivity index (χ4n) is 2.71. The molecular formula is C21H24N6O4S. The number of nitrogens with one attached hydrogen (secondary N) is 1. The van der Waals surface area contributed by atoms with Crippen molar-refractivity contribution in [2.75, 3.05) is 38.4 Å². The largest absolute Gasteiger partial charge is 0.497 e. The van der Waals surface area contributed by atoms with Crippen molar-refractivity contribution in [2.45, 2.75) is 12.1 Å². The molecule has 0 bridgehead atoms. The molecule has 3 rings (SSSR count). The molecule has 0 radical (unpaired) electrons. The molecule has 0 aliphatic heterocycles. The topological polar surface area (TPSA) is 126 Å². The third kappa shape index (κ3) is 5.30. The van der Waals surface area contributed by atoms with E-state index in [-0.39, 0.29) is 17.5 Å². The first-order valence-corrected chi connectivity index (χ1v) is 10.5. The molecule has 0 spiro atoms. The van der Waals surface area contributed by atoms with Gasteiger partial charge in [0.05, 0.1) is 32.8 Å². The molecule has 0 aliphatic rings. The number of hydrogen-bond acceptors (Lipinski definition) is 10. The number of carbonyl (C=O) groups excluding carboxylic acids is 1. The highest BCUT2D eigenvalue weighted by Gasteiger charge is 2.15. The monoisotopic (exact) mass is 456 g/mol. The first-order valence-electron chi connectivity index (χ1n) is 9.50. The summed E-state index contributed by atoms with van der Waals surface area (Å²) >= 11 is 1.17. The van der Waals surface area contributed by atoms with Gasteiger partial charge in [0, 0.05) is 5.56 Å². The van der Waals surface area contributed by atoms with Crippen molar-refractivity contribution in [2.24, 2.45) is 5.10 Å². The highest BCUT2D eigenvalue weighted by Crippen LogP contribution is 2.28. The van der Waals surface area contributed by atoms with Crippen LogP contribution in [-0.4, -0.2) is 53.5 Å². The van der Waals surface area contributed by atoms with Gasteiger partial charge in [0.15, 0.2) is 17.3 Å². The summed E-state index contributed by atoms with van der Waals surface area (Å²) in [6, 6.07) is 12.5. The zero-order valence-corrected chi connectivity index (χ0v) is 19.0. The van der Waals surface area contributed by atoms with E-state index >= 15 is 0 Å². The van der Waals surface area contributed by atoms with Crippen molar-refractivity contribution in [3.63, 3.8) is 0 Å². The summed E-state index contributed by atoms with van der Waals surface area (Å²) in [5.74, 6) is 8.12. The van der Waals surface area contributed by atoms with E-state index in [0.29, 0.717) is 22.2 Å². The Balaban J connectivity index is 1.62. The Morgan fingerprint density at radius 3 is 2.38 bits per heavy atom. The Morgan fingerprint density at radius 2 is 1.72 bits per heavy atom. The number of Topliss-reactive ketones (excluding diaryl/α,β-unsaturated/α-hetero) is 1. The molecule has 32 heavy (non-hydrogen) atoms. The molecule has 0 saturated heterocycles. The highest BCUT2D eigenvalue weighted by atomic mass is 32.2. The number of nitrogens with two attached hydrogens (primary N) is 1. The first-order chi connectivity index (χ1) is 15.5. The molecule has 3 aromatic rings.